The van der Waals surface area contributed by atoms with Crippen LogP contribution < -0.4 is 4.74 Å². The van der Waals surface area contributed by atoms with Crippen LogP contribution in [0.2, 0.25) is 0 Å². The van der Waals surface area contributed by atoms with Gasteiger partial charge in [0.2, 0.25) is 0 Å². The third-order valence-corrected chi connectivity index (χ3v) is 3.12. The minimum Gasteiger partial charge on any atom is -0.496 e. The summed E-state index contributed by atoms with van der Waals surface area (Å²) >= 11 is 0. The van der Waals surface area contributed by atoms with E-state index in [9.17, 15) is 9.18 Å². The molecule has 1 aromatic rings. The van der Waals surface area contributed by atoms with E-state index in [-0.39, 0.29) is 18.3 Å². The van der Waals surface area contributed by atoms with Gasteiger partial charge in [0, 0.05) is 18.2 Å². The zero-order chi connectivity index (χ0) is 14.4. The first-order valence-corrected chi connectivity index (χ1v) is 6.26. The highest BCUT2D eigenvalue weighted by Crippen LogP contribution is 2.22. The molecule has 0 aliphatic heterocycles. The van der Waals surface area contributed by atoms with Crippen molar-refractivity contribution in [1.29, 1.82) is 0 Å². The number of rotatable bonds is 7. The summed E-state index contributed by atoms with van der Waals surface area (Å²) in [6.45, 7) is 4.95. The molecule has 106 valence electrons. The summed E-state index contributed by atoms with van der Waals surface area (Å²) in [5.41, 5.74) is 0.724. The lowest BCUT2D eigenvalue weighted by Gasteiger charge is -2.27. The van der Waals surface area contributed by atoms with Gasteiger partial charge in [0.1, 0.15) is 11.6 Å². The number of carboxylic acids is 1. The Kier molecular flexibility index (Phi) is 5.76. The Morgan fingerprint density at radius 3 is 2.74 bits per heavy atom. The van der Waals surface area contributed by atoms with E-state index in [1.54, 1.807) is 6.07 Å². The van der Waals surface area contributed by atoms with Gasteiger partial charge in [-0.25, -0.2) is 4.39 Å². The van der Waals surface area contributed by atoms with Crippen molar-refractivity contribution in [2.45, 2.75) is 32.9 Å². The van der Waals surface area contributed by atoms with Crippen LogP contribution in [0.3, 0.4) is 0 Å². The smallest absolute Gasteiger partial charge is 0.304 e. The molecule has 1 aromatic carbocycles. The van der Waals surface area contributed by atoms with Gasteiger partial charge in [-0.1, -0.05) is 6.92 Å². The van der Waals surface area contributed by atoms with E-state index in [1.807, 2.05) is 18.7 Å². The largest absolute Gasteiger partial charge is 0.496 e. The molecule has 0 aliphatic carbocycles. The first-order valence-electron chi connectivity index (χ1n) is 6.26. The monoisotopic (exact) mass is 269 g/mol. The number of methoxy groups -OCH3 is 1. The van der Waals surface area contributed by atoms with Gasteiger partial charge < -0.3 is 9.84 Å². The van der Waals surface area contributed by atoms with Crippen LogP contribution in [-0.2, 0) is 11.3 Å². The highest BCUT2D eigenvalue weighted by atomic mass is 19.1. The molecule has 4 nitrogen and oxygen atoms in total. The maximum Gasteiger partial charge on any atom is 0.304 e. The number of ether oxygens (including phenoxy) is 1. The van der Waals surface area contributed by atoms with Gasteiger partial charge in [0.05, 0.1) is 13.5 Å². The lowest BCUT2D eigenvalue weighted by atomic mass is 10.1. The second-order valence-electron chi connectivity index (χ2n) is 4.47. The molecule has 0 saturated carbocycles. The van der Waals surface area contributed by atoms with Crippen molar-refractivity contribution < 1.29 is 19.0 Å². The molecule has 1 N–H and O–H groups in total. The molecule has 0 aliphatic rings. The summed E-state index contributed by atoms with van der Waals surface area (Å²) in [4.78, 5) is 12.7. The third-order valence-electron chi connectivity index (χ3n) is 3.12. The maximum atomic E-state index is 13.3. The molecule has 0 amide bonds. The van der Waals surface area contributed by atoms with Crippen molar-refractivity contribution in [3.63, 3.8) is 0 Å². The van der Waals surface area contributed by atoms with Crippen molar-refractivity contribution in [3.8, 4) is 5.75 Å². The van der Waals surface area contributed by atoms with Crippen LogP contribution in [0.25, 0.3) is 0 Å². The Hall–Kier alpha value is -1.62. The highest BCUT2D eigenvalue weighted by Gasteiger charge is 2.17. The van der Waals surface area contributed by atoms with E-state index >= 15 is 0 Å². The Balaban J connectivity index is 2.85. The van der Waals surface area contributed by atoms with Crippen LogP contribution in [-0.4, -0.2) is 35.7 Å². The molecule has 0 aromatic heterocycles. The lowest BCUT2D eigenvalue weighted by molar-refractivity contribution is -0.138. The quantitative estimate of drug-likeness (QED) is 0.826. The zero-order valence-electron chi connectivity index (χ0n) is 11.5. The molecule has 1 unspecified atom stereocenters. The van der Waals surface area contributed by atoms with Crippen LogP contribution in [0.15, 0.2) is 18.2 Å². The number of carbonyl (C=O) groups is 1. The molecule has 0 bridgehead atoms. The van der Waals surface area contributed by atoms with Gasteiger partial charge in [0.15, 0.2) is 0 Å². The van der Waals surface area contributed by atoms with Gasteiger partial charge >= 0.3 is 5.97 Å². The number of benzene rings is 1. The van der Waals surface area contributed by atoms with Gasteiger partial charge in [-0.2, -0.15) is 0 Å². The van der Waals surface area contributed by atoms with E-state index in [4.69, 9.17) is 9.84 Å². The average Bonchev–Trinajstić information content (AvgIpc) is 2.35. The van der Waals surface area contributed by atoms with Crippen molar-refractivity contribution in [2.24, 2.45) is 0 Å². The predicted octanol–water partition coefficient (Wildman–Crippen LogP) is 2.52. The van der Waals surface area contributed by atoms with E-state index < -0.39 is 5.97 Å². The molecular weight excluding hydrogens is 249 g/mol. The number of hydrogen-bond acceptors (Lipinski definition) is 3. The first-order chi connectivity index (χ1) is 8.97. The molecule has 0 fully saturated rings. The van der Waals surface area contributed by atoms with Gasteiger partial charge in [-0.15, -0.1) is 0 Å². The number of carboxylic acid groups (broad SMARTS) is 1. The van der Waals surface area contributed by atoms with E-state index in [2.05, 4.69) is 0 Å². The Morgan fingerprint density at radius 1 is 1.53 bits per heavy atom. The van der Waals surface area contributed by atoms with Gasteiger partial charge in [0.25, 0.3) is 0 Å². The van der Waals surface area contributed by atoms with E-state index in [0.717, 1.165) is 5.56 Å². The average molecular weight is 269 g/mol. The molecule has 1 rings (SSSR count). The topological polar surface area (TPSA) is 49.8 Å². The van der Waals surface area contributed by atoms with Gasteiger partial charge in [-0.05, 0) is 31.7 Å². The fraction of sp³-hybridized carbons (Fsp3) is 0.500. The van der Waals surface area contributed by atoms with Crippen molar-refractivity contribution in [1.82, 2.24) is 4.90 Å². The predicted molar refractivity (Wildman–Crippen MR) is 70.8 cm³/mol. The fourth-order valence-electron chi connectivity index (χ4n) is 2.05. The molecule has 0 spiro atoms. The van der Waals surface area contributed by atoms with E-state index in [0.29, 0.717) is 18.8 Å². The number of hydrogen-bond donors (Lipinski definition) is 1. The Bertz CT molecular complexity index is 437. The number of halogens is 1. The summed E-state index contributed by atoms with van der Waals surface area (Å²) in [5, 5.41) is 8.83. The van der Waals surface area contributed by atoms with Crippen molar-refractivity contribution >= 4 is 5.97 Å². The molecule has 0 saturated heterocycles. The third kappa shape index (κ3) is 4.52. The fourth-order valence-corrected chi connectivity index (χ4v) is 2.05. The summed E-state index contributed by atoms with van der Waals surface area (Å²) in [6, 6.07) is 4.24. The van der Waals surface area contributed by atoms with Crippen LogP contribution >= 0.6 is 0 Å². The Labute approximate surface area is 112 Å². The second-order valence-corrected chi connectivity index (χ2v) is 4.47. The van der Waals surface area contributed by atoms with Crippen LogP contribution in [0.1, 0.15) is 25.8 Å². The molecule has 0 heterocycles. The van der Waals surface area contributed by atoms with Crippen molar-refractivity contribution in [2.75, 3.05) is 13.7 Å². The normalized spacial score (nSPS) is 12.5. The molecule has 0 radical (unpaired) electrons. The minimum atomic E-state index is -0.836. The SMILES string of the molecule is CCN(Cc1cc(F)ccc1OC)C(C)CC(=O)O. The van der Waals surface area contributed by atoms with Crippen LogP contribution in [0.4, 0.5) is 4.39 Å². The molecule has 1 atom stereocenters. The summed E-state index contributed by atoms with van der Waals surface area (Å²) in [6.07, 6.45) is 0.0610. The highest BCUT2D eigenvalue weighted by molar-refractivity contribution is 5.67. The van der Waals surface area contributed by atoms with Gasteiger partial charge in [-0.3, -0.25) is 9.69 Å². The van der Waals surface area contributed by atoms with Crippen LogP contribution in [0, 0.1) is 5.82 Å². The molecule has 5 heteroatoms. The Morgan fingerprint density at radius 2 is 2.21 bits per heavy atom. The minimum absolute atomic E-state index is 0.0610. The summed E-state index contributed by atoms with van der Waals surface area (Å²) in [7, 11) is 1.54. The number of nitrogens with zero attached hydrogens (tertiary/aromatic N) is 1. The van der Waals surface area contributed by atoms with Crippen molar-refractivity contribution in [3.05, 3.63) is 29.6 Å². The standard InChI is InChI=1S/C14H20FNO3/c1-4-16(10(2)7-14(17)18)9-11-8-12(15)5-6-13(11)19-3/h5-6,8,10H,4,7,9H2,1-3H3,(H,17,18). The van der Waals surface area contributed by atoms with Crippen LogP contribution in [0.5, 0.6) is 5.75 Å². The second kappa shape index (κ2) is 7.09. The maximum absolute atomic E-state index is 13.3. The molecule has 19 heavy (non-hydrogen) atoms. The summed E-state index contributed by atoms with van der Waals surface area (Å²) in [5.74, 6) is -0.544. The van der Waals surface area contributed by atoms with E-state index in [1.165, 1.54) is 19.2 Å². The summed E-state index contributed by atoms with van der Waals surface area (Å²) < 4.78 is 18.5. The zero-order valence-corrected chi connectivity index (χ0v) is 11.5. The first kappa shape index (κ1) is 15.4. The lowest BCUT2D eigenvalue weighted by Crippen LogP contribution is -2.34. The number of aliphatic carboxylic acids is 1. The molecular formula is C14H20FNO3.